The molecule has 24 nitrogen and oxygen atoms in total. The first-order valence-corrected chi connectivity index (χ1v) is 24.8. The van der Waals surface area contributed by atoms with Crippen LogP contribution in [0, 0.1) is 5.41 Å². The number of nitrogens with one attached hydrogen (secondary N) is 2. The Labute approximate surface area is 344 Å². The molecule has 2 aliphatic rings. The van der Waals surface area contributed by atoms with Crippen LogP contribution in [0.5, 0.6) is 0 Å². The molecule has 0 aromatic carbocycles. The first-order valence-electron chi connectivity index (χ1n) is 17.2. The van der Waals surface area contributed by atoms with Crippen molar-refractivity contribution in [2.45, 2.75) is 74.8 Å². The van der Waals surface area contributed by atoms with Crippen LogP contribution in [-0.4, -0.2) is 139 Å². The fourth-order valence-electron chi connectivity index (χ4n) is 5.46. The van der Waals surface area contributed by atoms with Crippen molar-refractivity contribution in [1.82, 2.24) is 30.2 Å². The number of phosphoric acid groups is 3. The number of carbonyl (C=O) groups excluding carboxylic acids is 3. The molecule has 0 radical (unpaired) electrons. The van der Waals surface area contributed by atoms with Crippen LogP contribution < -0.4 is 16.4 Å². The number of phosphoric ester groups is 3. The van der Waals surface area contributed by atoms with Gasteiger partial charge in [-0.25, -0.2) is 28.6 Å². The van der Waals surface area contributed by atoms with Crippen LogP contribution in [0.4, 0.5) is 5.82 Å². The summed E-state index contributed by atoms with van der Waals surface area (Å²) in [6.45, 7) is 1.78. The second-order valence-electron chi connectivity index (χ2n) is 13.6. The quantitative estimate of drug-likeness (QED) is 0.0605. The van der Waals surface area contributed by atoms with E-state index < -0.39 is 84.1 Å². The van der Waals surface area contributed by atoms with Crippen molar-refractivity contribution in [3.63, 3.8) is 0 Å². The molecule has 2 amide bonds. The number of ether oxygens (including phenoxy) is 1. The van der Waals surface area contributed by atoms with Gasteiger partial charge in [-0.2, -0.15) is 4.31 Å². The van der Waals surface area contributed by atoms with Crippen LogP contribution in [-0.2, 0) is 56.4 Å². The molecule has 10 N–H and O–H groups in total. The fourth-order valence-corrected chi connectivity index (χ4v) is 12.0. The third-order valence-corrected chi connectivity index (χ3v) is 15.4. The van der Waals surface area contributed by atoms with Gasteiger partial charge in [-0.3, -0.25) is 32.5 Å². The molecule has 2 fully saturated rings. The molecule has 4 rings (SSSR count). The summed E-state index contributed by atoms with van der Waals surface area (Å²) in [7, 11) is -16.4. The van der Waals surface area contributed by atoms with Crippen molar-refractivity contribution >= 4 is 92.7 Å². The lowest BCUT2D eigenvalue weighted by atomic mass is 9.87. The number of nitrogens with two attached hydrogens (primary N) is 1. The predicted molar refractivity (Wildman–Crippen MR) is 210 cm³/mol. The third-order valence-electron chi connectivity index (χ3n) is 8.48. The summed E-state index contributed by atoms with van der Waals surface area (Å²) in [6, 6.07) is 0. The maximum absolute atomic E-state index is 12.8. The van der Waals surface area contributed by atoms with Gasteiger partial charge in [0.2, 0.25) is 11.8 Å². The monoisotopic (exact) mass is 941 g/mol. The molecule has 0 saturated carbocycles. The van der Waals surface area contributed by atoms with Gasteiger partial charge in [0, 0.05) is 37.1 Å². The Balaban J connectivity index is 1.23. The Morgan fingerprint density at radius 3 is 2.43 bits per heavy atom. The summed E-state index contributed by atoms with van der Waals surface area (Å²) >= 11 is 4.68. The van der Waals surface area contributed by atoms with E-state index in [4.69, 9.17) is 24.0 Å². The van der Waals surface area contributed by atoms with E-state index in [1.165, 1.54) is 20.8 Å². The molecule has 58 heavy (non-hydrogen) atoms. The number of hydrogen-bond donors (Lipinski definition) is 9. The van der Waals surface area contributed by atoms with E-state index in [0.29, 0.717) is 12.2 Å². The SMILES string of the molecule is CC(C)(COP(=O)(O)OP(=O)(O)OCC1OC(C)(n2cnc3c(N)ncnc32)C(O)C1OP(=O)(O)O)C(O)C(=O)NCCC(=O)NCCSC(=O)CC1SCCCS1. The van der Waals surface area contributed by atoms with Crippen LogP contribution in [0.15, 0.2) is 12.7 Å². The van der Waals surface area contributed by atoms with Gasteiger partial charge < -0.3 is 50.9 Å². The summed E-state index contributed by atoms with van der Waals surface area (Å²) in [5.41, 5.74) is 2.32. The van der Waals surface area contributed by atoms with Crippen molar-refractivity contribution in [3.8, 4) is 0 Å². The van der Waals surface area contributed by atoms with Gasteiger partial charge in [0.25, 0.3) is 0 Å². The van der Waals surface area contributed by atoms with Gasteiger partial charge in [-0.1, -0.05) is 25.6 Å². The van der Waals surface area contributed by atoms with E-state index in [9.17, 15) is 57.9 Å². The minimum Gasteiger partial charge on any atom is -0.385 e. The highest BCUT2D eigenvalue weighted by Crippen LogP contribution is 2.61. The van der Waals surface area contributed by atoms with Crippen molar-refractivity contribution < 1.29 is 80.5 Å². The molecular weight excluding hydrogens is 895 g/mol. The van der Waals surface area contributed by atoms with Gasteiger partial charge in [0.1, 0.15) is 36.3 Å². The van der Waals surface area contributed by atoms with Crippen LogP contribution in [0.25, 0.3) is 11.2 Å². The van der Waals surface area contributed by atoms with E-state index in [2.05, 4.69) is 29.9 Å². The van der Waals surface area contributed by atoms with Crippen LogP contribution >= 0.6 is 58.8 Å². The van der Waals surface area contributed by atoms with Gasteiger partial charge in [0.05, 0.1) is 24.1 Å². The number of amides is 2. The van der Waals surface area contributed by atoms with E-state index in [1.807, 2.05) is 0 Å². The smallest absolute Gasteiger partial charge is 0.385 e. The minimum atomic E-state index is -5.59. The molecule has 7 unspecified atom stereocenters. The molecule has 2 aromatic rings. The van der Waals surface area contributed by atoms with Crippen molar-refractivity contribution in [2.75, 3.05) is 49.3 Å². The highest BCUT2D eigenvalue weighted by molar-refractivity contribution is 8.18. The van der Waals surface area contributed by atoms with Crippen molar-refractivity contribution in [1.29, 1.82) is 0 Å². The molecule has 4 heterocycles. The topological polar surface area (TPSA) is 364 Å². The first kappa shape index (κ1) is 48.9. The van der Waals surface area contributed by atoms with Crippen LogP contribution in [0.1, 0.15) is 40.0 Å². The number of aliphatic hydroxyl groups excluding tert-OH is 2. The zero-order chi connectivity index (χ0) is 43.1. The van der Waals surface area contributed by atoms with E-state index >= 15 is 0 Å². The number of carbonyl (C=O) groups is 3. The Kier molecular flexibility index (Phi) is 17.2. The number of aromatic nitrogens is 4. The van der Waals surface area contributed by atoms with Crippen LogP contribution in [0.2, 0.25) is 0 Å². The highest BCUT2D eigenvalue weighted by Gasteiger charge is 2.57. The number of anilines is 1. The molecular formula is C28H46N7O17P3S3. The lowest BCUT2D eigenvalue weighted by molar-refractivity contribution is -0.137. The summed E-state index contributed by atoms with van der Waals surface area (Å²) in [5.74, 6) is 1.03. The predicted octanol–water partition coefficient (Wildman–Crippen LogP) is 0.425. The average molecular weight is 942 g/mol. The number of nitrogens with zero attached hydrogens (tertiary/aromatic N) is 4. The van der Waals surface area contributed by atoms with Crippen molar-refractivity contribution in [3.05, 3.63) is 12.7 Å². The molecule has 7 atom stereocenters. The highest BCUT2D eigenvalue weighted by atomic mass is 32.2. The van der Waals surface area contributed by atoms with Crippen LogP contribution in [0.3, 0.4) is 0 Å². The normalized spacial score (nSPS) is 24.5. The van der Waals surface area contributed by atoms with Crippen molar-refractivity contribution in [2.24, 2.45) is 5.41 Å². The molecule has 0 bridgehead atoms. The number of rotatable bonds is 21. The number of nitrogen functional groups attached to an aromatic ring is 1. The maximum Gasteiger partial charge on any atom is 0.481 e. The Morgan fingerprint density at radius 1 is 1.09 bits per heavy atom. The molecule has 0 spiro atoms. The second kappa shape index (κ2) is 20.4. The molecule has 328 valence electrons. The standard InChI is InChI=1S/C28H46N7O17P3S3/c1-27(2,23(39)26(40)31-6-5-17(36)30-7-10-56-18(37)11-19-57-8-4-9-58-19)13-49-55(46,47)52-54(44,45)48-12-16-21(51-53(41,42)43)22(38)28(3,50-16)35-15-34-20-24(29)32-14-33-25(20)35/h14-16,19,21-23,38-39H,4-13H2,1-3H3,(H,30,36)(H,31,40)(H,44,45)(H,46,47)(H2,29,32,33)(H2,41,42,43). The molecule has 0 aliphatic carbocycles. The Bertz CT molecular complexity index is 1920. The van der Waals surface area contributed by atoms with E-state index in [-0.39, 0.29) is 46.2 Å². The zero-order valence-corrected chi connectivity index (χ0v) is 36.4. The van der Waals surface area contributed by atoms with Gasteiger partial charge in [0.15, 0.2) is 22.3 Å². The second-order valence-corrected chi connectivity index (χ2v) is 21.9. The van der Waals surface area contributed by atoms with Gasteiger partial charge in [-0.15, -0.1) is 23.5 Å². The molecule has 2 aliphatic heterocycles. The summed E-state index contributed by atoms with van der Waals surface area (Å²) < 4.78 is 63.0. The lowest BCUT2D eigenvalue weighted by Crippen LogP contribution is -2.46. The molecule has 2 aromatic heterocycles. The molecule has 2 saturated heterocycles. The van der Waals surface area contributed by atoms with E-state index in [0.717, 1.165) is 46.9 Å². The van der Waals surface area contributed by atoms with Gasteiger partial charge >= 0.3 is 23.5 Å². The number of hydrogen-bond acceptors (Lipinski definition) is 20. The largest absolute Gasteiger partial charge is 0.481 e. The summed E-state index contributed by atoms with van der Waals surface area (Å²) in [4.78, 5) is 88.3. The summed E-state index contributed by atoms with van der Waals surface area (Å²) in [6.07, 6.45) is -3.88. The number of aliphatic hydroxyl groups is 2. The lowest BCUT2D eigenvalue weighted by Gasteiger charge is -2.30. The minimum absolute atomic E-state index is 0.0209. The van der Waals surface area contributed by atoms with E-state index in [1.54, 1.807) is 23.5 Å². The number of thioether (sulfide) groups is 3. The summed E-state index contributed by atoms with van der Waals surface area (Å²) in [5, 5.41) is 26.8. The molecule has 30 heteroatoms. The third kappa shape index (κ3) is 13.9. The van der Waals surface area contributed by atoms with Gasteiger partial charge in [-0.05, 0) is 24.9 Å². The zero-order valence-electron chi connectivity index (χ0n) is 31.2. The number of imidazole rings is 1. The number of fused-ring (bicyclic) bond motifs is 1. The maximum atomic E-state index is 12.8. The fraction of sp³-hybridized carbons (Fsp3) is 0.714. The average Bonchev–Trinajstić information content (AvgIpc) is 3.68. The Morgan fingerprint density at radius 2 is 1.76 bits per heavy atom. The Hall–Kier alpha value is -1.74. The first-order chi connectivity index (χ1) is 26.9.